The van der Waals surface area contributed by atoms with Crippen molar-refractivity contribution in [3.8, 4) is 0 Å². The molecule has 142 valence electrons. The fraction of sp³-hybridized carbons (Fsp3) is 0.250. The number of nitro benzene ring substituents is 2. The number of thioether (sulfide) groups is 1. The fourth-order valence-electron chi connectivity index (χ4n) is 2.83. The van der Waals surface area contributed by atoms with Crippen molar-refractivity contribution in [2.24, 2.45) is 0 Å². The van der Waals surface area contributed by atoms with Crippen molar-refractivity contribution >= 4 is 33.2 Å². The van der Waals surface area contributed by atoms with E-state index in [4.69, 9.17) is 0 Å². The van der Waals surface area contributed by atoms with E-state index in [1.54, 1.807) is 6.92 Å². The van der Waals surface area contributed by atoms with Crippen LogP contribution in [0.2, 0.25) is 0 Å². The van der Waals surface area contributed by atoms with E-state index < -0.39 is 25.2 Å². The Morgan fingerprint density at radius 3 is 2.22 bits per heavy atom. The summed E-state index contributed by atoms with van der Waals surface area (Å²) < 4.78 is 27.6. The smallest absolute Gasteiger partial charge is 0.258 e. The molecule has 0 radical (unpaired) electrons. The number of nitrogens with zero attached hydrogens (tertiary/aromatic N) is 3. The SMILES string of the molecule is Cc1ccc([N+](=O)[O-])cc1S(=O)(=O)N1CCSC1c1ccc([N+](=O)[O-])cc1. The first-order chi connectivity index (χ1) is 12.7. The van der Waals surface area contributed by atoms with Crippen LogP contribution >= 0.6 is 11.8 Å². The van der Waals surface area contributed by atoms with Crippen LogP contribution in [0.4, 0.5) is 11.4 Å². The molecule has 3 rings (SSSR count). The van der Waals surface area contributed by atoms with Crippen LogP contribution in [0.5, 0.6) is 0 Å². The van der Waals surface area contributed by atoms with Crippen LogP contribution in [0.25, 0.3) is 0 Å². The average molecular weight is 409 g/mol. The van der Waals surface area contributed by atoms with Crippen LogP contribution in [0.15, 0.2) is 47.4 Å². The Morgan fingerprint density at radius 2 is 1.63 bits per heavy atom. The largest absolute Gasteiger partial charge is 0.270 e. The monoisotopic (exact) mass is 409 g/mol. The van der Waals surface area contributed by atoms with Crippen molar-refractivity contribution in [1.29, 1.82) is 0 Å². The Kier molecular flexibility index (Phi) is 5.18. The highest BCUT2D eigenvalue weighted by atomic mass is 32.2. The van der Waals surface area contributed by atoms with Gasteiger partial charge in [-0.25, -0.2) is 8.42 Å². The predicted octanol–water partition coefficient (Wildman–Crippen LogP) is 3.25. The first-order valence-electron chi connectivity index (χ1n) is 7.84. The predicted molar refractivity (Wildman–Crippen MR) is 100 cm³/mol. The van der Waals surface area contributed by atoms with Gasteiger partial charge in [0.05, 0.1) is 20.1 Å². The number of hydrogen-bond donors (Lipinski definition) is 0. The van der Waals surface area contributed by atoms with Crippen molar-refractivity contribution in [1.82, 2.24) is 4.31 Å². The molecular weight excluding hydrogens is 394 g/mol. The van der Waals surface area contributed by atoms with Gasteiger partial charge in [-0.1, -0.05) is 6.07 Å². The molecule has 0 aliphatic carbocycles. The summed E-state index contributed by atoms with van der Waals surface area (Å²) in [6.07, 6.45) is 0. The molecule has 11 heteroatoms. The Hall–Kier alpha value is -2.50. The highest BCUT2D eigenvalue weighted by molar-refractivity contribution is 8.01. The molecule has 1 heterocycles. The van der Waals surface area contributed by atoms with Gasteiger partial charge in [0.25, 0.3) is 11.4 Å². The van der Waals surface area contributed by atoms with Gasteiger partial charge in [-0.05, 0) is 30.2 Å². The summed E-state index contributed by atoms with van der Waals surface area (Å²) in [6.45, 7) is 1.83. The van der Waals surface area contributed by atoms with E-state index in [2.05, 4.69) is 0 Å². The molecule has 1 fully saturated rings. The van der Waals surface area contributed by atoms with Gasteiger partial charge in [0.1, 0.15) is 0 Å². The number of nitro groups is 2. The van der Waals surface area contributed by atoms with E-state index in [1.165, 1.54) is 52.5 Å². The van der Waals surface area contributed by atoms with Gasteiger partial charge < -0.3 is 0 Å². The van der Waals surface area contributed by atoms with E-state index in [-0.39, 0.29) is 22.8 Å². The summed E-state index contributed by atoms with van der Waals surface area (Å²) in [5.41, 5.74) is 0.665. The normalized spacial score (nSPS) is 17.7. The number of aryl methyl sites for hydroxylation is 1. The van der Waals surface area contributed by atoms with Crippen LogP contribution in [0.3, 0.4) is 0 Å². The highest BCUT2D eigenvalue weighted by Crippen LogP contribution is 2.42. The van der Waals surface area contributed by atoms with Gasteiger partial charge in [0, 0.05) is 36.6 Å². The molecule has 2 aromatic rings. The van der Waals surface area contributed by atoms with E-state index in [0.717, 1.165) is 6.07 Å². The fourth-order valence-corrected chi connectivity index (χ4v) is 6.32. The summed E-state index contributed by atoms with van der Waals surface area (Å²) in [7, 11) is -3.97. The third kappa shape index (κ3) is 3.66. The van der Waals surface area contributed by atoms with Crippen LogP contribution < -0.4 is 0 Å². The second-order valence-electron chi connectivity index (χ2n) is 5.89. The summed E-state index contributed by atoms with van der Waals surface area (Å²) in [6, 6.07) is 9.47. The Labute approximate surface area is 159 Å². The van der Waals surface area contributed by atoms with Gasteiger partial charge in [0.15, 0.2) is 0 Å². The second-order valence-corrected chi connectivity index (χ2v) is 8.94. The molecule has 2 aromatic carbocycles. The molecule has 9 nitrogen and oxygen atoms in total. The lowest BCUT2D eigenvalue weighted by Gasteiger charge is -2.24. The lowest BCUT2D eigenvalue weighted by atomic mass is 10.2. The number of non-ortho nitro benzene ring substituents is 2. The summed E-state index contributed by atoms with van der Waals surface area (Å²) in [4.78, 5) is 20.6. The molecule has 1 unspecified atom stereocenters. The van der Waals surface area contributed by atoms with E-state index >= 15 is 0 Å². The van der Waals surface area contributed by atoms with Crippen molar-refractivity contribution in [2.75, 3.05) is 12.3 Å². The lowest BCUT2D eigenvalue weighted by molar-refractivity contribution is -0.385. The molecule has 0 N–H and O–H groups in total. The summed E-state index contributed by atoms with van der Waals surface area (Å²) in [5, 5.41) is 21.3. The van der Waals surface area contributed by atoms with E-state index in [0.29, 0.717) is 16.9 Å². The van der Waals surface area contributed by atoms with Crippen LogP contribution in [-0.4, -0.2) is 34.9 Å². The average Bonchev–Trinajstić information content (AvgIpc) is 3.12. The molecule has 1 saturated heterocycles. The van der Waals surface area contributed by atoms with E-state index in [1.807, 2.05) is 0 Å². The molecule has 0 saturated carbocycles. The summed E-state index contributed by atoms with van der Waals surface area (Å²) >= 11 is 1.40. The number of sulfonamides is 1. The molecule has 0 aromatic heterocycles. The minimum Gasteiger partial charge on any atom is -0.258 e. The molecule has 1 atom stereocenters. The van der Waals surface area contributed by atoms with Gasteiger partial charge in [-0.2, -0.15) is 4.31 Å². The zero-order valence-electron chi connectivity index (χ0n) is 14.1. The zero-order valence-corrected chi connectivity index (χ0v) is 15.8. The number of rotatable bonds is 5. The second kappa shape index (κ2) is 7.25. The molecule has 0 amide bonds. The Bertz CT molecular complexity index is 1010. The van der Waals surface area contributed by atoms with Gasteiger partial charge >= 0.3 is 0 Å². The Morgan fingerprint density at radius 1 is 1.04 bits per heavy atom. The topological polar surface area (TPSA) is 124 Å². The first kappa shape index (κ1) is 19.3. The minimum absolute atomic E-state index is 0.0781. The third-order valence-electron chi connectivity index (χ3n) is 4.21. The van der Waals surface area contributed by atoms with Crippen LogP contribution in [-0.2, 0) is 10.0 Å². The number of benzene rings is 2. The van der Waals surface area contributed by atoms with Gasteiger partial charge in [-0.3, -0.25) is 20.2 Å². The molecule has 1 aliphatic rings. The molecule has 27 heavy (non-hydrogen) atoms. The maximum Gasteiger partial charge on any atom is 0.270 e. The standard InChI is InChI=1S/C16H15N3O6S2/c1-11-2-5-14(19(22)23)10-15(11)27(24,25)17-8-9-26-16(17)12-3-6-13(7-4-12)18(20)21/h2-7,10,16H,8-9H2,1H3. The summed E-state index contributed by atoms with van der Waals surface area (Å²) in [5.74, 6) is 0.550. The van der Waals surface area contributed by atoms with Crippen LogP contribution in [0, 0.1) is 27.2 Å². The lowest BCUT2D eigenvalue weighted by Crippen LogP contribution is -2.31. The van der Waals surface area contributed by atoms with Crippen molar-refractivity contribution in [3.63, 3.8) is 0 Å². The third-order valence-corrected chi connectivity index (χ3v) is 7.61. The maximum absolute atomic E-state index is 13.2. The van der Waals surface area contributed by atoms with Gasteiger partial charge in [-0.15, -0.1) is 11.8 Å². The van der Waals surface area contributed by atoms with Crippen molar-refractivity contribution in [3.05, 3.63) is 73.8 Å². The van der Waals surface area contributed by atoms with Crippen molar-refractivity contribution < 1.29 is 18.3 Å². The maximum atomic E-state index is 13.2. The first-order valence-corrected chi connectivity index (χ1v) is 10.3. The molecule has 0 spiro atoms. The zero-order chi connectivity index (χ0) is 19.8. The van der Waals surface area contributed by atoms with E-state index in [9.17, 15) is 28.6 Å². The highest BCUT2D eigenvalue weighted by Gasteiger charge is 2.38. The Balaban J connectivity index is 2.00. The van der Waals surface area contributed by atoms with Crippen molar-refractivity contribution in [2.45, 2.75) is 17.2 Å². The quantitative estimate of drug-likeness (QED) is 0.548. The number of hydrogen-bond acceptors (Lipinski definition) is 7. The van der Waals surface area contributed by atoms with Crippen LogP contribution in [0.1, 0.15) is 16.5 Å². The van der Waals surface area contributed by atoms with Gasteiger partial charge in [0.2, 0.25) is 10.0 Å². The minimum atomic E-state index is -3.97. The molecular formula is C16H15N3O6S2. The molecule has 1 aliphatic heterocycles. The molecule has 0 bridgehead atoms.